The van der Waals surface area contributed by atoms with Crippen LogP contribution >= 0.6 is 0 Å². The van der Waals surface area contributed by atoms with Crippen LogP contribution in [0.15, 0.2) is 66.7 Å². The van der Waals surface area contributed by atoms with Gasteiger partial charge in [0.15, 0.2) is 0 Å². The maximum atomic E-state index is 13.6. The maximum Gasteiger partial charge on any atom is 0.417 e. The van der Waals surface area contributed by atoms with Crippen molar-refractivity contribution in [2.45, 2.75) is 42.6 Å². The summed E-state index contributed by atoms with van der Waals surface area (Å²) >= 11 is 0. The van der Waals surface area contributed by atoms with E-state index in [0.717, 1.165) is 34.4 Å². The molecule has 2 atom stereocenters. The number of piperidine rings is 1. The van der Waals surface area contributed by atoms with Gasteiger partial charge >= 0.3 is 12.3 Å². The molecule has 0 aromatic heterocycles. The molecule has 3 aliphatic rings. The van der Waals surface area contributed by atoms with Crippen LogP contribution in [0.2, 0.25) is 0 Å². The number of ether oxygens (including phenoxy) is 2. The predicted octanol–water partition coefficient (Wildman–Crippen LogP) is 5.58. The van der Waals surface area contributed by atoms with E-state index in [1.165, 1.54) is 6.07 Å². The highest BCUT2D eigenvalue weighted by Crippen LogP contribution is 2.46. The number of amides is 1. The number of halogens is 3. The summed E-state index contributed by atoms with van der Waals surface area (Å²) in [7, 11) is 0. The van der Waals surface area contributed by atoms with Gasteiger partial charge in [-0.05, 0) is 39.9 Å². The standard InChI is InChI=1S/C30H25F3N2O4/c31-30(32,33)27-11-19(10-9-18(27)14-34)29(37)12-20-15-38-16-21(13-29)35(20)28(36)39-17-26-24-7-3-1-5-22(24)23-6-2-4-8-25(23)26/h1-11,20-21,26,37H,12-13,15-17H2. The Morgan fingerprint density at radius 1 is 1.03 bits per heavy atom. The maximum absolute atomic E-state index is 13.6. The number of hydrogen-bond acceptors (Lipinski definition) is 5. The monoisotopic (exact) mass is 534 g/mol. The Bertz CT molecular complexity index is 1420. The van der Waals surface area contributed by atoms with Crippen LogP contribution in [0.3, 0.4) is 0 Å². The third-order valence-electron chi connectivity index (χ3n) is 8.08. The van der Waals surface area contributed by atoms with Crippen molar-refractivity contribution < 1.29 is 32.5 Å². The molecule has 0 saturated carbocycles. The van der Waals surface area contributed by atoms with Crippen LogP contribution in [0.1, 0.15) is 46.6 Å². The van der Waals surface area contributed by atoms with Crippen molar-refractivity contribution in [1.29, 1.82) is 5.26 Å². The van der Waals surface area contributed by atoms with Crippen LogP contribution in [0.4, 0.5) is 18.0 Å². The van der Waals surface area contributed by atoms with E-state index in [9.17, 15) is 23.1 Å². The molecule has 9 heteroatoms. The summed E-state index contributed by atoms with van der Waals surface area (Å²) < 4.78 is 52.2. The fourth-order valence-electron chi connectivity index (χ4n) is 6.34. The molecule has 0 radical (unpaired) electrons. The van der Waals surface area contributed by atoms with E-state index < -0.39 is 41.1 Å². The van der Waals surface area contributed by atoms with E-state index in [1.54, 1.807) is 11.0 Å². The van der Waals surface area contributed by atoms with Crippen molar-refractivity contribution in [1.82, 2.24) is 4.90 Å². The average Bonchev–Trinajstić information content (AvgIpc) is 3.24. The Morgan fingerprint density at radius 3 is 2.18 bits per heavy atom. The lowest BCUT2D eigenvalue weighted by Crippen LogP contribution is -2.62. The van der Waals surface area contributed by atoms with E-state index >= 15 is 0 Å². The second-order valence-electron chi connectivity index (χ2n) is 10.4. The van der Waals surface area contributed by atoms with Gasteiger partial charge in [-0.15, -0.1) is 0 Å². The van der Waals surface area contributed by atoms with Gasteiger partial charge < -0.3 is 14.6 Å². The lowest BCUT2D eigenvalue weighted by Gasteiger charge is -2.51. The number of benzene rings is 3. The SMILES string of the molecule is N#Cc1ccc(C2(O)CC3COCC(C2)N3C(=O)OCC2c3ccccc3-c3ccccc32)cc1C(F)(F)F. The molecule has 1 amide bonds. The Balaban J connectivity index is 1.22. The van der Waals surface area contributed by atoms with Gasteiger partial charge in [-0.2, -0.15) is 18.4 Å². The zero-order chi connectivity index (χ0) is 27.4. The average molecular weight is 535 g/mol. The Kier molecular flexibility index (Phi) is 6.12. The minimum Gasteiger partial charge on any atom is -0.448 e. The first-order chi connectivity index (χ1) is 18.7. The number of morpholine rings is 1. The third kappa shape index (κ3) is 4.34. The molecule has 6 nitrogen and oxygen atoms in total. The second-order valence-corrected chi connectivity index (χ2v) is 10.4. The molecule has 2 saturated heterocycles. The number of nitrogens with zero attached hydrogens (tertiary/aromatic N) is 2. The second kappa shape index (κ2) is 9.40. The number of nitriles is 1. The third-order valence-corrected chi connectivity index (χ3v) is 8.08. The van der Waals surface area contributed by atoms with E-state index in [1.807, 2.05) is 36.4 Å². The van der Waals surface area contributed by atoms with Gasteiger partial charge in [0.2, 0.25) is 0 Å². The van der Waals surface area contributed by atoms with Crippen molar-refractivity contribution in [2.24, 2.45) is 0 Å². The first kappa shape index (κ1) is 25.4. The van der Waals surface area contributed by atoms with Crippen molar-refractivity contribution in [3.63, 3.8) is 0 Å². The first-order valence-electron chi connectivity index (χ1n) is 12.7. The number of aliphatic hydroxyl groups is 1. The summed E-state index contributed by atoms with van der Waals surface area (Å²) in [5.41, 5.74) is 1.26. The molecule has 2 aliphatic heterocycles. The lowest BCUT2D eigenvalue weighted by atomic mass is 9.76. The minimum atomic E-state index is -4.74. The Hall–Kier alpha value is -3.87. The van der Waals surface area contributed by atoms with Gasteiger partial charge in [0.1, 0.15) is 6.61 Å². The van der Waals surface area contributed by atoms with Gasteiger partial charge in [0.25, 0.3) is 0 Å². The molecule has 2 heterocycles. The summed E-state index contributed by atoms with van der Waals surface area (Å²) in [5.74, 6) is -0.112. The molecule has 2 bridgehead atoms. The zero-order valence-electron chi connectivity index (χ0n) is 20.8. The molecule has 6 rings (SSSR count). The Labute approximate surface area is 223 Å². The summed E-state index contributed by atoms with van der Waals surface area (Å²) in [6.45, 7) is 0.398. The summed E-state index contributed by atoms with van der Waals surface area (Å²) in [4.78, 5) is 15.0. The number of alkyl halides is 3. The van der Waals surface area contributed by atoms with E-state index in [-0.39, 0.29) is 44.1 Å². The van der Waals surface area contributed by atoms with Gasteiger partial charge in [0, 0.05) is 18.8 Å². The molecule has 3 aromatic carbocycles. The van der Waals surface area contributed by atoms with E-state index in [0.29, 0.717) is 0 Å². The molecule has 3 aromatic rings. The minimum absolute atomic E-state index is 0.0170. The highest BCUT2D eigenvalue weighted by atomic mass is 19.4. The van der Waals surface area contributed by atoms with Crippen LogP contribution in [0.5, 0.6) is 0 Å². The normalized spacial score (nSPS) is 24.0. The quantitative estimate of drug-likeness (QED) is 0.475. The summed E-state index contributed by atoms with van der Waals surface area (Å²) in [6, 6.07) is 19.7. The topological polar surface area (TPSA) is 82.8 Å². The predicted molar refractivity (Wildman–Crippen MR) is 135 cm³/mol. The van der Waals surface area contributed by atoms with Crippen LogP contribution in [0.25, 0.3) is 11.1 Å². The van der Waals surface area contributed by atoms with Gasteiger partial charge in [-0.25, -0.2) is 4.79 Å². The van der Waals surface area contributed by atoms with Crippen molar-refractivity contribution in [3.05, 3.63) is 94.5 Å². The first-order valence-corrected chi connectivity index (χ1v) is 12.7. The number of hydrogen-bond donors (Lipinski definition) is 1. The molecule has 0 spiro atoms. The van der Waals surface area contributed by atoms with Crippen LogP contribution in [0, 0.1) is 11.3 Å². The van der Waals surface area contributed by atoms with Gasteiger partial charge in [-0.1, -0.05) is 54.6 Å². The van der Waals surface area contributed by atoms with Gasteiger partial charge in [0.05, 0.1) is 48.1 Å². The van der Waals surface area contributed by atoms with Crippen LogP contribution < -0.4 is 0 Å². The molecule has 2 unspecified atom stereocenters. The molecule has 1 N–H and O–H groups in total. The zero-order valence-corrected chi connectivity index (χ0v) is 20.8. The molecular weight excluding hydrogens is 509 g/mol. The van der Waals surface area contributed by atoms with Crippen molar-refractivity contribution >= 4 is 6.09 Å². The molecule has 200 valence electrons. The largest absolute Gasteiger partial charge is 0.448 e. The summed E-state index contributed by atoms with van der Waals surface area (Å²) in [5, 5.41) is 20.7. The highest BCUT2D eigenvalue weighted by molar-refractivity contribution is 5.79. The molecule has 2 fully saturated rings. The van der Waals surface area contributed by atoms with Crippen molar-refractivity contribution in [2.75, 3.05) is 19.8 Å². The van der Waals surface area contributed by atoms with E-state index in [4.69, 9.17) is 14.7 Å². The molecule has 39 heavy (non-hydrogen) atoms. The lowest BCUT2D eigenvalue weighted by molar-refractivity contribution is -0.140. The number of carbonyl (C=O) groups is 1. The fraction of sp³-hybridized carbons (Fsp3) is 0.333. The Morgan fingerprint density at radius 2 is 1.62 bits per heavy atom. The summed E-state index contributed by atoms with van der Waals surface area (Å²) in [6.07, 6.45) is -5.31. The van der Waals surface area contributed by atoms with Crippen LogP contribution in [-0.4, -0.2) is 48.0 Å². The number of fused-ring (bicyclic) bond motifs is 5. The molecule has 1 aliphatic carbocycles. The highest BCUT2D eigenvalue weighted by Gasteiger charge is 2.50. The van der Waals surface area contributed by atoms with Crippen molar-refractivity contribution in [3.8, 4) is 17.2 Å². The smallest absolute Gasteiger partial charge is 0.417 e. The van der Waals surface area contributed by atoms with Gasteiger partial charge in [-0.3, -0.25) is 4.90 Å². The molecular formula is C30H25F3N2O4. The number of rotatable bonds is 3. The fourth-order valence-corrected chi connectivity index (χ4v) is 6.34. The van der Waals surface area contributed by atoms with E-state index in [2.05, 4.69) is 12.1 Å². The van der Waals surface area contributed by atoms with Crippen LogP contribution in [-0.2, 0) is 21.3 Å². The number of carbonyl (C=O) groups excluding carboxylic acids is 1.